The van der Waals surface area contributed by atoms with Gasteiger partial charge in [-0.25, -0.2) is 9.18 Å². The van der Waals surface area contributed by atoms with E-state index in [4.69, 9.17) is 0 Å². The van der Waals surface area contributed by atoms with Gasteiger partial charge in [0, 0.05) is 30.4 Å². The van der Waals surface area contributed by atoms with Gasteiger partial charge in [0.05, 0.1) is 7.11 Å². The predicted octanol–water partition coefficient (Wildman–Crippen LogP) is 1.53. The van der Waals surface area contributed by atoms with Gasteiger partial charge in [-0.3, -0.25) is 4.79 Å². The highest BCUT2D eigenvalue weighted by Crippen LogP contribution is 2.20. The summed E-state index contributed by atoms with van der Waals surface area (Å²) < 4.78 is 18.0. The second kappa shape index (κ2) is 5.73. The number of fused-ring (bicyclic) bond motifs is 1. The van der Waals surface area contributed by atoms with Crippen LogP contribution in [0, 0.1) is 5.82 Å². The first-order valence-electron chi connectivity index (χ1n) is 6.11. The summed E-state index contributed by atoms with van der Waals surface area (Å²) in [7, 11) is 1.26. The average molecular weight is 278 g/mol. The van der Waals surface area contributed by atoms with Gasteiger partial charge in [0.25, 0.3) is 0 Å². The number of rotatable bonds is 4. The number of amides is 1. The fourth-order valence-corrected chi connectivity index (χ4v) is 2.12. The van der Waals surface area contributed by atoms with Crippen molar-refractivity contribution < 1.29 is 18.7 Å². The minimum absolute atomic E-state index is 0.232. The number of nitrogens with one attached hydrogen (secondary N) is 2. The van der Waals surface area contributed by atoms with Crippen molar-refractivity contribution in [3.8, 4) is 0 Å². The van der Waals surface area contributed by atoms with Crippen LogP contribution in [0.5, 0.6) is 0 Å². The fraction of sp³-hybridized carbons (Fsp3) is 0.286. The van der Waals surface area contributed by atoms with Crippen LogP contribution < -0.4 is 5.32 Å². The molecule has 0 bridgehead atoms. The van der Waals surface area contributed by atoms with Crippen LogP contribution in [0.1, 0.15) is 12.5 Å². The number of methoxy groups -OCH3 is 1. The van der Waals surface area contributed by atoms with Gasteiger partial charge in [-0.15, -0.1) is 0 Å². The van der Waals surface area contributed by atoms with Crippen molar-refractivity contribution in [3.63, 3.8) is 0 Å². The van der Waals surface area contributed by atoms with Crippen molar-refractivity contribution in [2.75, 3.05) is 7.11 Å². The van der Waals surface area contributed by atoms with E-state index in [2.05, 4.69) is 15.0 Å². The highest BCUT2D eigenvalue weighted by Gasteiger charge is 2.22. The molecule has 2 N–H and O–H groups in total. The standard InChI is InChI=1S/C14H15FN2O3/c1-8(18)17-13(14(19)20-2)5-9-7-16-12-4-3-10(15)6-11(9)12/h3-4,6-7,13,16H,5H2,1-2H3,(H,17,18). The third kappa shape index (κ3) is 2.96. The van der Waals surface area contributed by atoms with Gasteiger partial charge in [0.15, 0.2) is 0 Å². The zero-order valence-corrected chi connectivity index (χ0v) is 11.2. The second-order valence-corrected chi connectivity index (χ2v) is 4.48. The Labute approximate surface area is 115 Å². The summed E-state index contributed by atoms with van der Waals surface area (Å²) in [5.74, 6) is -1.22. The molecule has 6 heteroatoms. The Kier molecular flexibility index (Phi) is 4.02. The first-order valence-corrected chi connectivity index (χ1v) is 6.11. The van der Waals surface area contributed by atoms with E-state index in [1.54, 1.807) is 12.3 Å². The minimum Gasteiger partial charge on any atom is -0.467 e. The number of hydrogen-bond donors (Lipinski definition) is 2. The summed E-state index contributed by atoms with van der Waals surface area (Å²) in [5, 5.41) is 3.21. The second-order valence-electron chi connectivity index (χ2n) is 4.48. The molecular weight excluding hydrogens is 263 g/mol. The number of H-pyrrole nitrogens is 1. The normalized spacial score (nSPS) is 12.2. The number of aromatic amines is 1. The van der Waals surface area contributed by atoms with E-state index in [0.717, 1.165) is 11.1 Å². The predicted molar refractivity (Wildman–Crippen MR) is 71.6 cm³/mol. The number of ether oxygens (including phenoxy) is 1. The molecule has 2 aromatic rings. The molecule has 0 radical (unpaired) electrons. The minimum atomic E-state index is -0.792. The van der Waals surface area contributed by atoms with Crippen molar-refractivity contribution in [3.05, 3.63) is 35.8 Å². The Hall–Kier alpha value is -2.37. The molecule has 106 valence electrons. The van der Waals surface area contributed by atoms with Crippen LogP contribution in [0.4, 0.5) is 4.39 Å². The van der Waals surface area contributed by atoms with E-state index < -0.39 is 12.0 Å². The molecule has 2 rings (SSSR count). The summed E-state index contributed by atoms with van der Waals surface area (Å²) in [6.07, 6.45) is 1.93. The Morgan fingerprint density at radius 3 is 2.85 bits per heavy atom. The molecule has 0 aliphatic heterocycles. The largest absolute Gasteiger partial charge is 0.467 e. The molecule has 1 aromatic carbocycles. The summed E-state index contributed by atoms with van der Waals surface area (Å²) in [5.41, 5.74) is 1.51. The molecule has 20 heavy (non-hydrogen) atoms. The van der Waals surface area contributed by atoms with E-state index in [1.165, 1.54) is 26.2 Å². The average Bonchev–Trinajstić information content (AvgIpc) is 2.79. The van der Waals surface area contributed by atoms with Gasteiger partial charge in [-0.2, -0.15) is 0 Å². The topological polar surface area (TPSA) is 71.2 Å². The van der Waals surface area contributed by atoms with Crippen LogP contribution in [0.15, 0.2) is 24.4 Å². The smallest absolute Gasteiger partial charge is 0.328 e. The molecular formula is C14H15FN2O3. The molecule has 0 saturated carbocycles. The molecule has 5 nitrogen and oxygen atoms in total. The number of hydrogen-bond acceptors (Lipinski definition) is 3. The van der Waals surface area contributed by atoms with Crippen molar-refractivity contribution in [2.45, 2.75) is 19.4 Å². The van der Waals surface area contributed by atoms with E-state index in [-0.39, 0.29) is 18.1 Å². The van der Waals surface area contributed by atoms with Gasteiger partial charge >= 0.3 is 5.97 Å². The van der Waals surface area contributed by atoms with Crippen LogP contribution in [-0.4, -0.2) is 30.0 Å². The van der Waals surface area contributed by atoms with Crippen LogP contribution in [0.2, 0.25) is 0 Å². The number of halogens is 1. The molecule has 0 spiro atoms. The van der Waals surface area contributed by atoms with Crippen molar-refractivity contribution in [1.29, 1.82) is 0 Å². The summed E-state index contributed by atoms with van der Waals surface area (Å²) >= 11 is 0. The monoisotopic (exact) mass is 278 g/mol. The van der Waals surface area contributed by atoms with Crippen LogP contribution >= 0.6 is 0 Å². The number of carbonyl (C=O) groups is 2. The first-order chi connectivity index (χ1) is 9.51. The zero-order chi connectivity index (χ0) is 14.7. The zero-order valence-electron chi connectivity index (χ0n) is 11.2. The summed E-state index contributed by atoms with van der Waals surface area (Å²) in [4.78, 5) is 25.8. The molecule has 0 fully saturated rings. The lowest BCUT2D eigenvalue weighted by molar-refractivity contribution is -0.144. The van der Waals surface area contributed by atoms with Crippen molar-refractivity contribution >= 4 is 22.8 Å². The number of benzene rings is 1. The molecule has 0 aliphatic rings. The quantitative estimate of drug-likeness (QED) is 0.833. The summed E-state index contributed by atoms with van der Waals surface area (Å²) in [6.45, 7) is 1.32. The van der Waals surface area contributed by atoms with E-state index >= 15 is 0 Å². The van der Waals surface area contributed by atoms with Crippen LogP contribution in [0.3, 0.4) is 0 Å². The SMILES string of the molecule is COC(=O)C(Cc1c[nH]c2ccc(F)cc12)NC(C)=O. The highest BCUT2D eigenvalue weighted by atomic mass is 19.1. The van der Waals surface area contributed by atoms with Crippen molar-refractivity contribution in [1.82, 2.24) is 10.3 Å². The van der Waals surface area contributed by atoms with Crippen LogP contribution in [0.25, 0.3) is 10.9 Å². The molecule has 1 unspecified atom stereocenters. The van der Waals surface area contributed by atoms with Gasteiger partial charge in [0.2, 0.25) is 5.91 Å². The lowest BCUT2D eigenvalue weighted by atomic mass is 10.0. The van der Waals surface area contributed by atoms with Gasteiger partial charge < -0.3 is 15.0 Å². The Morgan fingerprint density at radius 2 is 2.20 bits per heavy atom. The lowest BCUT2D eigenvalue weighted by Crippen LogP contribution is -2.41. The van der Waals surface area contributed by atoms with Crippen molar-refractivity contribution in [2.24, 2.45) is 0 Å². The molecule has 1 aromatic heterocycles. The summed E-state index contributed by atoms with van der Waals surface area (Å²) in [6, 6.07) is 3.58. The maximum absolute atomic E-state index is 13.3. The third-order valence-electron chi connectivity index (χ3n) is 3.02. The highest BCUT2D eigenvalue weighted by molar-refractivity contribution is 5.86. The number of aromatic nitrogens is 1. The first kappa shape index (κ1) is 14.0. The van der Waals surface area contributed by atoms with E-state index in [9.17, 15) is 14.0 Å². The van der Waals surface area contributed by atoms with Crippen LogP contribution in [-0.2, 0) is 20.7 Å². The Bertz CT molecular complexity index is 651. The molecule has 1 amide bonds. The third-order valence-corrected chi connectivity index (χ3v) is 3.02. The Balaban J connectivity index is 2.30. The molecule has 0 saturated heterocycles. The van der Waals surface area contributed by atoms with Gasteiger partial charge in [0.1, 0.15) is 11.9 Å². The van der Waals surface area contributed by atoms with Gasteiger partial charge in [-0.1, -0.05) is 0 Å². The lowest BCUT2D eigenvalue weighted by Gasteiger charge is -2.14. The molecule has 0 aliphatic carbocycles. The van der Waals surface area contributed by atoms with Gasteiger partial charge in [-0.05, 0) is 23.8 Å². The van der Waals surface area contributed by atoms with E-state index in [0.29, 0.717) is 5.39 Å². The maximum Gasteiger partial charge on any atom is 0.328 e. The molecule has 1 atom stereocenters. The number of esters is 1. The Morgan fingerprint density at radius 1 is 1.45 bits per heavy atom. The molecule has 1 heterocycles. The maximum atomic E-state index is 13.3. The van der Waals surface area contributed by atoms with E-state index in [1.807, 2.05) is 0 Å². The number of carbonyl (C=O) groups excluding carboxylic acids is 2. The fourth-order valence-electron chi connectivity index (χ4n) is 2.12.